The number of nitrogens with zero attached hydrogens (tertiary/aromatic N) is 4. The lowest BCUT2D eigenvalue weighted by Crippen LogP contribution is -2.30. The molecule has 12 heteroatoms. The number of nitro groups is 1. The molecule has 2 aromatic heterocycles. The number of carbonyl (C=O) groups excluding carboxylic acids is 2. The molecule has 3 N–H and O–H groups in total. The highest BCUT2D eigenvalue weighted by Crippen LogP contribution is 2.30. The van der Waals surface area contributed by atoms with Crippen LogP contribution in [0.5, 0.6) is 0 Å². The molecule has 0 spiro atoms. The molecule has 31 heavy (non-hydrogen) atoms. The highest BCUT2D eigenvalue weighted by Gasteiger charge is 2.24. The molecule has 0 saturated carbocycles. The predicted octanol–water partition coefficient (Wildman–Crippen LogP) is 2.46. The Morgan fingerprint density at radius 2 is 1.71 bits per heavy atom. The van der Waals surface area contributed by atoms with E-state index in [4.69, 9.17) is 4.74 Å². The molecule has 158 valence electrons. The molecule has 0 bridgehead atoms. The minimum absolute atomic E-state index is 0.107. The number of benzene rings is 1. The summed E-state index contributed by atoms with van der Waals surface area (Å²) in [6.07, 6.45) is 3.98. The van der Waals surface area contributed by atoms with Crippen molar-refractivity contribution in [2.24, 2.45) is 0 Å². The van der Waals surface area contributed by atoms with Gasteiger partial charge in [-0.05, 0) is 43.3 Å². The van der Waals surface area contributed by atoms with Crippen LogP contribution in [0.15, 0.2) is 55.1 Å². The maximum Gasteiger partial charge on any atom is 0.355 e. The molecule has 0 saturated heterocycles. The van der Waals surface area contributed by atoms with Crippen LogP contribution in [-0.2, 0) is 4.74 Å². The van der Waals surface area contributed by atoms with Gasteiger partial charge < -0.3 is 10.1 Å². The van der Waals surface area contributed by atoms with E-state index in [1.807, 2.05) is 0 Å². The normalized spacial score (nSPS) is 10.1. The summed E-state index contributed by atoms with van der Waals surface area (Å²) in [6.45, 7) is 1.95. The van der Waals surface area contributed by atoms with Crippen LogP contribution in [-0.4, -0.2) is 38.4 Å². The minimum Gasteiger partial charge on any atom is -0.462 e. The lowest BCUT2D eigenvalue weighted by atomic mass is 10.2. The summed E-state index contributed by atoms with van der Waals surface area (Å²) in [6, 6.07) is 9.10. The largest absolute Gasteiger partial charge is 0.462 e. The fourth-order valence-electron chi connectivity index (χ4n) is 2.47. The van der Waals surface area contributed by atoms with Crippen molar-refractivity contribution in [3.63, 3.8) is 0 Å². The number of carbonyl (C=O) groups is 2. The lowest BCUT2D eigenvalue weighted by molar-refractivity contribution is -0.383. The van der Waals surface area contributed by atoms with Crippen LogP contribution in [0.2, 0.25) is 0 Å². The molecule has 0 atom stereocenters. The summed E-state index contributed by atoms with van der Waals surface area (Å²) in [4.78, 5) is 46.4. The molecular weight excluding hydrogens is 406 g/mol. The van der Waals surface area contributed by atoms with E-state index < -0.39 is 22.5 Å². The second kappa shape index (κ2) is 9.73. The average molecular weight is 423 g/mol. The van der Waals surface area contributed by atoms with Gasteiger partial charge in [-0.1, -0.05) is 0 Å². The van der Waals surface area contributed by atoms with E-state index in [9.17, 15) is 19.7 Å². The van der Waals surface area contributed by atoms with Gasteiger partial charge >= 0.3 is 11.7 Å². The van der Waals surface area contributed by atoms with Gasteiger partial charge in [0.1, 0.15) is 6.33 Å². The Morgan fingerprint density at radius 3 is 2.35 bits per heavy atom. The monoisotopic (exact) mass is 423 g/mol. The number of pyridine rings is 1. The van der Waals surface area contributed by atoms with Gasteiger partial charge in [-0.15, -0.1) is 0 Å². The zero-order valence-corrected chi connectivity index (χ0v) is 16.2. The number of anilines is 3. The van der Waals surface area contributed by atoms with Crippen LogP contribution < -0.4 is 16.2 Å². The summed E-state index contributed by atoms with van der Waals surface area (Å²) >= 11 is 0. The fraction of sp³-hybridized carbons (Fsp3) is 0.105. The minimum atomic E-state index is -0.684. The van der Waals surface area contributed by atoms with E-state index >= 15 is 0 Å². The molecule has 1 amide bonds. The van der Waals surface area contributed by atoms with Crippen molar-refractivity contribution < 1.29 is 19.2 Å². The molecule has 3 aromatic rings. The molecule has 0 aliphatic carbocycles. The average Bonchev–Trinajstić information content (AvgIpc) is 2.78. The first-order valence-corrected chi connectivity index (χ1v) is 8.99. The third-order valence-electron chi connectivity index (χ3n) is 3.90. The van der Waals surface area contributed by atoms with Gasteiger partial charge in [0.2, 0.25) is 11.6 Å². The standard InChI is InChI=1S/C19H17N7O5/c1-2-31-19(28)13-3-5-14(6-4-13)23-16-15(26(29)30)17(22-11-21-16)24-25-18(27)12-7-9-20-10-8-12/h3-11H,2H2,1H3,(H,25,27)(H2,21,22,23,24). The van der Waals surface area contributed by atoms with Crippen LogP contribution in [0.1, 0.15) is 27.6 Å². The molecule has 3 rings (SSSR count). The van der Waals surface area contributed by atoms with Gasteiger partial charge in [0, 0.05) is 23.6 Å². The van der Waals surface area contributed by atoms with Crippen LogP contribution in [0.4, 0.5) is 23.0 Å². The van der Waals surface area contributed by atoms with E-state index in [2.05, 4.69) is 31.1 Å². The molecule has 0 aliphatic rings. The SMILES string of the molecule is CCOC(=O)c1ccc(Nc2ncnc(NNC(=O)c3ccncc3)c2[N+](=O)[O-])cc1. The first kappa shape index (κ1) is 21.1. The number of rotatable bonds is 8. The summed E-state index contributed by atoms with van der Waals surface area (Å²) < 4.78 is 4.92. The van der Waals surface area contributed by atoms with Crippen LogP contribution in [0.3, 0.4) is 0 Å². The summed E-state index contributed by atoms with van der Waals surface area (Å²) in [5.41, 5.74) is 5.40. The smallest absolute Gasteiger partial charge is 0.355 e. The zero-order valence-electron chi connectivity index (χ0n) is 16.2. The van der Waals surface area contributed by atoms with Crippen molar-refractivity contribution in [1.29, 1.82) is 0 Å². The van der Waals surface area contributed by atoms with Gasteiger partial charge in [0.25, 0.3) is 5.91 Å². The van der Waals surface area contributed by atoms with Crippen LogP contribution in [0, 0.1) is 10.1 Å². The van der Waals surface area contributed by atoms with E-state index in [1.165, 1.54) is 36.7 Å². The third kappa shape index (κ3) is 5.26. The summed E-state index contributed by atoms with van der Waals surface area (Å²) in [5.74, 6) is -1.32. The Kier molecular flexibility index (Phi) is 6.63. The number of nitrogens with one attached hydrogen (secondary N) is 3. The van der Waals surface area contributed by atoms with Crippen molar-refractivity contribution in [2.45, 2.75) is 6.92 Å². The van der Waals surface area contributed by atoms with Gasteiger partial charge in [-0.25, -0.2) is 14.8 Å². The van der Waals surface area contributed by atoms with Gasteiger partial charge in [0.05, 0.1) is 17.1 Å². The van der Waals surface area contributed by atoms with E-state index in [0.717, 1.165) is 6.33 Å². The Morgan fingerprint density at radius 1 is 1.03 bits per heavy atom. The van der Waals surface area contributed by atoms with Crippen molar-refractivity contribution in [1.82, 2.24) is 20.4 Å². The molecule has 0 unspecified atom stereocenters. The number of aromatic nitrogens is 3. The second-order valence-electron chi connectivity index (χ2n) is 5.91. The van der Waals surface area contributed by atoms with Crippen molar-refractivity contribution in [3.8, 4) is 0 Å². The molecule has 0 radical (unpaired) electrons. The quantitative estimate of drug-likeness (QED) is 0.279. The molecule has 0 fully saturated rings. The first-order valence-electron chi connectivity index (χ1n) is 8.99. The second-order valence-corrected chi connectivity index (χ2v) is 5.91. The van der Waals surface area contributed by atoms with Gasteiger partial charge in [-0.2, -0.15) is 0 Å². The fourth-order valence-corrected chi connectivity index (χ4v) is 2.47. The maximum atomic E-state index is 12.1. The van der Waals surface area contributed by atoms with Crippen molar-refractivity contribution in [3.05, 3.63) is 76.4 Å². The number of hydrazine groups is 1. The lowest BCUT2D eigenvalue weighted by Gasteiger charge is -2.11. The van der Waals surface area contributed by atoms with Crippen LogP contribution >= 0.6 is 0 Å². The van der Waals surface area contributed by atoms with Crippen LogP contribution in [0.25, 0.3) is 0 Å². The predicted molar refractivity (Wildman–Crippen MR) is 110 cm³/mol. The highest BCUT2D eigenvalue weighted by molar-refractivity contribution is 5.95. The number of hydrogen-bond acceptors (Lipinski definition) is 10. The van der Waals surface area contributed by atoms with Crippen molar-refractivity contribution >= 4 is 34.9 Å². The summed E-state index contributed by atoms with van der Waals surface area (Å²) in [7, 11) is 0. The zero-order chi connectivity index (χ0) is 22.2. The molecular formula is C19H17N7O5. The van der Waals surface area contributed by atoms with Gasteiger partial charge in [0.15, 0.2) is 0 Å². The maximum absolute atomic E-state index is 12.1. The molecule has 0 aliphatic heterocycles. The molecule has 1 aromatic carbocycles. The van der Waals surface area contributed by atoms with Crippen molar-refractivity contribution in [2.75, 3.05) is 17.3 Å². The summed E-state index contributed by atoms with van der Waals surface area (Å²) in [5, 5.41) is 14.4. The number of hydrogen-bond donors (Lipinski definition) is 3. The third-order valence-corrected chi connectivity index (χ3v) is 3.90. The Labute approximate surface area is 175 Å². The Bertz CT molecular complexity index is 1090. The Balaban J connectivity index is 1.78. The number of esters is 1. The first-order chi connectivity index (χ1) is 15.0. The van der Waals surface area contributed by atoms with E-state index in [1.54, 1.807) is 19.1 Å². The van der Waals surface area contributed by atoms with Gasteiger partial charge in [-0.3, -0.25) is 30.7 Å². The Hall–Kier alpha value is -4.61. The molecule has 12 nitrogen and oxygen atoms in total. The topological polar surface area (TPSA) is 161 Å². The number of ether oxygens (including phenoxy) is 1. The van der Waals surface area contributed by atoms with E-state index in [-0.39, 0.29) is 18.2 Å². The molecule has 2 heterocycles. The number of amides is 1. The van der Waals surface area contributed by atoms with E-state index in [0.29, 0.717) is 16.8 Å². The highest BCUT2D eigenvalue weighted by atomic mass is 16.6.